The average molecular weight is 395 g/mol. The van der Waals surface area contributed by atoms with Gasteiger partial charge in [-0.25, -0.2) is 4.68 Å². The first kappa shape index (κ1) is 19.9. The number of anilines is 1. The van der Waals surface area contributed by atoms with Gasteiger partial charge in [0.2, 0.25) is 0 Å². The van der Waals surface area contributed by atoms with E-state index < -0.39 is 0 Å². The van der Waals surface area contributed by atoms with E-state index in [0.717, 1.165) is 48.7 Å². The third kappa shape index (κ3) is 4.20. The second-order valence-electron chi connectivity index (χ2n) is 5.29. The van der Waals surface area contributed by atoms with Crippen molar-refractivity contribution >= 4 is 46.9 Å². The number of morpholine rings is 1. The van der Waals surface area contributed by atoms with Gasteiger partial charge in [-0.05, 0) is 30.3 Å². The second-order valence-corrected chi connectivity index (χ2v) is 5.72. The largest absolute Gasteiger partial charge is 0.378 e. The van der Waals surface area contributed by atoms with Crippen LogP contribution in [-0.4, -0.2) is 47.2 Å². The summed E-state index contributed by atoms with van der Waals surface area (Å²) in [5.74, 6) is 0.982. The molecule has 0 saturated carbocycles. The highest BCUT2D eigenvalue weighted by Crippen LogP contribution is 2.28. The van der Waals surface area contributed by atoms with Gasteiger partial charge in [0.25, 0.3) is 0 Å². The van der Waals surface area contributed by atoms with E-state index in [1.165, 1.54) is 0 Å². The number of aromatic nitrogens is 3. The number of fused-ring (bicyclic) bond motifs is 1. The summed E-state index contributed by atoms with van der Waals surface area (Å²) in [6, 6.07) is 9.68. The molecule has 0 N–H and O–H groups in total. The molecule has 9 heteroatoms. The van der Waals surface area contributed by atoms with Crippen molar-refractivity contribution in [3.8, 4) is 5.69 Å². The maximum absolute atomic E-state index is 8.12. The Morgan fingerprint density at radius 2 is 1.73 bits per heavy atom. The fraction of sp³-hybridized carbons (Fsp3) is 0.235. The Kier molecular flexibility index (Phi) is 7.12. The highest BCUT2D eigenvalue weighted by atomic mass is 35.5. The first-order valence-electron chi connectivity index (χ1n) is 7.65. The third-order valence-electron chi connectivity index (χ3n) is 3.85. The SMILES string of the molecule is Cl.Clc1ccc(-n2nc(N3CCOCC3)c3ccncc32)cc1.O=C=O. The highest BCUT2D eigenvalue weighted by Gasteiger charge is 2.19. The summed E-state index contributed by atoms with van der Waals surface area (Å²) in [6.07, 6.45) is 3.90. The molecule has 0 radical (unpaired) electrons. The van der Waals surface area contributed by atoms with Crippen molar-refractivity contribution in [1.29, 1.82) is 0 Å². The molecule has 0 spiro atoms. The van der Waals surface area contributed by atoms with Crippen LogP contribution in [0.5, 0.6) is 0 Å². The summed E-state index contributed by atoms with van der Waals surface area (Å²) in [5.41, 5.74) is 1.97. The number of pyridine rings is 1. The topological polar surface area (TPSA) is 77.3 Å². The van der Waals surface area contributed by atoms with Crippen LogP contribution in [0.25, 0.3) is 16.6 Å². The van der Waals surface area contributed by atoms with Crippen molar-refractivity contribution < 1.29 is 14.3 Å². The minimum absolute atomic E-state index is 0. The minimum Gasteiger partial charge on any atom is -0.378 e. The Labute approximate surface area is 160 Å². The van der Waals surface area contributed by atoms with Gasteiger partial charge >= 0.3 is 6.15 Å². The van der Waals surface area contributed by atoms with Gasteiger partial charge in [0.1, 0.15) is 0 Å². The van der Waals surface area contributed by atoms with Crippen LogP contribution in [0.2, 0.25) is 5.02 Å². The summed E-state index contributed by atoms with van der Waals surface area (Å²) in [4.78, 5) is 22.8. The highest BCUT2D eigenvalue weighted by molar-refractivity contribution is 6.30. The van der Waals surface area contributed by atoms with Gasteiger partial charge < -0.3 is 9.64 Å². The Bertz CT molecular complexity index is 887. The van der Waals surface area contributed by atoms with Crippen LogP contribution in [-0.2, 0) is 14.3 Å². The number of rotatable bonds is 2. The zero-order valence-corrected chi connectivity index (χ0v) is 15.2. The van der Waals surface area contributed by atoms with Crippen molar-refractivity contribution in [3.63, 3.8) is 0 Å². The normalized spacial score (nSPS) is 13.3. The van der Waals surface area contributed by atoms with Gasteiger partial charge in [0.05, 0.1) is 30.6 Å². The number of benzene rings is 1. The number of nitrogens with zero attached hydrogens (tertiary/aromatic N) is 4. The van der Waals surface area contributed by atoms with Gasteiger partial charge in [-0.1, -0.05) is 11.6 Å². The van der Waals surface area contributed by atoms with Gasteiger partial charge in [0, 0.05) is 29.7 Å². The quantitative estimate of drug-likeness (QED) is 0.664. The monoisotopic (exact) mass is 394 g/mol. The molecule has 0 bridgehead atoms. The molecule has 7 nitrogen and oxygen atoms in total. The van der Waals surface area contributed by atoms with Crippen molar-refractivity contribution in [2.45, 2.75) is 0 Å². The second kappa shape index (κ2) is 9.31. The molecule has 1 aliphatic rings. The molecule has 1 aromatic carbocycles. The van der Waals surface area contributed by atoms with E-state index in [0.29, 0.717) is 5.02 Å². The third-order valence-corrected chi connectivity index (χ3v) is 4.10. The molecule has 26 heavy (non-hydrogen) atoms. The molecule has 0 unspecified atom stereocenters. The van der Waals surface area contributed by atoms with Crippen molar-refractivity contribution in [1.82, 2.24) is 14.8 Å². The molecule has 0 amide bonds. The lowest BCUT2D eigenvalue weighted by molar-refractivity contribution is -0.191. The Morgan fingerprint density at radius 3 is 2.38 bits per heavy atom. The van der Waals surface area contributed by atoms with Gasteiger partial charge in [-0.2, -0.15) is 9.59 Å². The number of halogens is 2. The van der Waals surface area contributed by atoms with Crippen molar-refractivity contribution in [3.05, 3.63) is 47.7 Å². The van der Waals surface area contributed by atoms with Crippen LogP contribution in [0.15, 0.2) is 42.7 Å². The first-order chi connectivity index (χ1) is 12.2. The molecule has 3 aromatic rings. The molecular weight excluding hydrogens is 379 g/mol. The maximum Gasteiger partial charge on any atom is 0.373 e. The van der Waals surface area contributed by atoms with Crippen LogP contribution in [0.4, 0.5) is 5.82 Å². The Balaban J connectivity index is 0.000000570. The molecule has 136 valence electrons. The van der Waals surface area contributed by atoms with Gasteiger partial charge in [-0.3, -0.25) is 4.98 Å². The predicted molar refractivity (Wildman–Crippen MR) is 99.2 cm³/mol. The fourth-order valence-electron chi connectivity index (χ4n) is 2.73. The fourth-order valence-corrected chi connectivity index (χ4v) is 2.86. The lowest BCUT2D eigenvalue weighted by Gasteiger charge is -2.26. The zero-order valence-electron chi connectivity index (χ0n) is 13.7. The maximum atomic E-state index is 8.12. The van der Waals surface area contributed by atoms with Crippen LogP contribution in [0.1, 0.15) is 0 Å². The lowest BCUT2D eigenvalue weighted by Crippen LogP contribution is -2.36. The van der Waals surface area contributed by atoms with E-state index in [9.17, 15) is 0 Å². The van der Waals surface area contributed by atoms with Crippen molar-refractivity contribution in [2.24, 2.45) is 0 Å². The predicted octanol–water partition coefficient (Wildman–Crippen LogP) is 2.75. The van der Waals surface area contributed by atoms with Crippen LogP contribution < -0.4 is 4.90 Å². The lowest BCUT2D eigenvalue weighted by atomic mass is 10.2. The van der Waals surface area contributed by atoms with Crippen molar-refractivity contribution in [2.75, 3.05) is 31.2 Å². The summed E-state index contributed by atoms with van der Waals surface area (Å²) in [5, 5.41) is 6.63. The van der Waals surface area contributed by atoms with Crippen LogP contribution in [0.3, 0.4) is 0 Å². The molecule has 3 heterocycles. The zero-order chi connectivity index (χ0) is 17.6. The molecule has 2 aromatic heterocycles. The van der Waals surface area contributed by atoms with Crippen LogP contribution >= 0.6 is 24.0 Å². The Hall–Kier alpha value is -2.44. The smallest absolute Gasteiger partial charge is 0.373 e. The summed E-state index contributed by atoms with van der Waals surface area (Å²) >= 11 is 5.98. The van der Waals surface area contributed by atoms with E-state index in [-0.39, 0.29) is 18.6 Å². The van der Waals surface area contributed by atoms with Gasteiger partial charge in [0.15, 0.2) is 5.82 Å². The molecule has 1 aliphatic heterocycles. The summed E-state index contributed by atoms with van der Waals surface area (Å²) in [7, 11) is 0. The number of carbonyl (C=O) groups excluding carboxylic acids is 2. The number of ether oxygens (including phenoxy) is 1. The molecular formula is C17H16Cl2N4O3. The molecule has 1 fully saturated rings. The molecule has 4 rings (SSSR count). The number of hydrogen-bond donors (Lipinski definition) is 0. The average Bonchev–Trinajstić information content (AvgIpc) is 3.04. The molecule has 0 aliphatic carbocycles. The van der Waals surface area contributed by atoms with E-state index in [1.54, 1.807) is 6.20 Å². The van der Waals surface area contributed by atoms with E-state index >= 15 is 0 Å². The first-order valence-corrected chi connectivity index (χ1v) is 8.03. The van der Waals surface area contributed by atoms with Crippen LogP contribution in [0, 0.1) is 0 Å². The molecule has 1 saturated heterocycles. The summed E-state index contributed by atoms with van der Waals surface area (Å²) < 4.78 is 7.35. The van der Waals surface area contributed by atoms with Gasteiger partial charge in [-0.15, -0.1) is 17.5 Å². The van der Waals surface area contributed by atoms with E-state index in [1.807, 2.05) is 41.2 Å². The van der Waals surface area contributed by atoms with E-state index in [2.05, 4.69) is 9.88 Å². The minimum atomic E-state index is 0. The summed E-state index contributed by atoms with van der Waals surface area (Å²) in [6.45, 7) is 3.19. The molecule has 0 atom stereocenters. The van der Waals surface area contributed by atoms with E-state index in [4.69, 9.17) is 31.0 Å². The standard InChI is InChI=1S/C16H15ClN4O.CO2.ClH/c17-12-1-3-13(4-2-12)21-15-11-18-6-5-14(15)16(19-21)20-7-9-22-10-8-20;2-1-3;/h1-6,11H,7-10H2;;1H. The Morgan fingerprint density at radius 1 is 1.08 bits per heavy atom. The number of hydrogen-bond acceptors (Lipinski definition) is 6.